The summed E-state index contributed by atoms with van der Waals surface area (Å²) < 4.78 is 1.56. The van der Waals surface area contributed by atoms with Crippen LogP contribution in [0.3, 0.4) is 0 Å². The molecule has 1 unspecified atom stereocenters. The molecule has 0 radical (unpaired) electrons. The lowest BCUT2D eigenvalue weighted by Crippen LogP contribution is -2.19. The number of carbonyl (C=O) groups excluding carboxylic acids is 1. The molecule has 0 saturated carbocycles. The topological polar surface area (TPSA) is 66.4 Å². The number of anilines is 1. The minimum absolute atomic E-state index is 0.0974. The summed E-state index contributed by atoms with van der Waals surface area (Å²) in [6, 6.07) is 3.79. The molecule has 1 aromatic rings. The van der Waals surface area contributed by atoms with Gasteiger partial charge in [0, 0.05) is 8.95 Å². The maximum absolute atomic E-state index is 11.8. The molecule has 4 nitrogen and oxygen atoms in total. The van der Waals surface area contributed by atoms with Gasteiger partial charge in [-0.25, -0.2) is 0 Å². The summed E-state index contributed by atoms with van der Waals surface area (Å²) >= 11 is 7.85. The van der Waals surface area contributed by atoms with E-state index in [0.717, 1.165) is 26.3 Å². The van der Waals surface area contributed by atoms with Gasteiger partial charge in [-0.2, -0.15) is 0 Å². The second-order valence-corrected chi connectivity index (χ2v) is 6.98. The Labute approximate surface area is 132 Å². The molecule has 0 fully saturated rings. The van der Waals surface area contributed by atoms with Crippen LogP contribution in [0.2, 0.25) is 0 Å². The molecule has 19 heavy (non-hydrogen) atoms. The first kappa shape index (κ1) is 16.5. The maximum atomic E-state index is 11.8. The zero-order valence-electron chi connectivity index (χ0n) is 10.4. The number of hydrogen-bond donors (Lipinski definition) is 2. The van der Waals surface area contributed by atoms with Crippen LogP contribution in [0.25, 0.3) is 0 Å². The smallest absolute Gasteiger partial charge is 0.316 e. The molecule has 0 aromatic heterocycles. The minimum atomic E-state index is -0.921. The van der Waals surface area contributed by atoms with E-state index in [0.29, 0.717) is 5.69 Å². The molecule has 0 aliphatic rings. The molecule has 1 aromatic carbocycles. The van der Waals surface area contributed by atoms with Crippen LogP contribution in [0.5, 0.6) is 0 Å². The number of nitrogens with one attached hydrogen (secondary N) is 1. The van der Waals surface area contributed by atoms with Crippen LogP contribution in [0.15, 0.2) is 21.1 Å². The van der Waals surface area contributed by atoms with Crippen LogP contribution in [-0.2, 0) is 9.59 Å². The van der Waals surface area contributed by atoms with Crippen LogP contribution in [0.1, 0.15) is 12.5 Å². The highest BCUT2D eigenvalue weighted by molar-refractivity contribution is 9.11. The normalized spacial score (nSPS) is 12.0. The minimum Gasteiger partial charge on any atom is -0.480 e. The van der Waals surface area contributed by atoms with Crippen molar-refractivity contribution in [1.29, 1.82) is 0 Å². The van der Waals surface area contributed by atoms with Gasteiger partial charge in [0.2, 0.25) is 5.91 Å². The van der Waals surface area contributed by atoms with Crippen LogP contribution < -0.4 is 5.32 Å². The number of rotatable bonds is 5. The first-order valence-corrected chi connectivity index (χ1v) is 8.04. The second kappa shape index (κ2) is 7.31. The van der Waals surface area contributed by atoms with E-state index in [4.69, 9.17) is 5.11 Å². The molecule has 0 spiro atoms. The summed E-state index contributed by atoms with van der Waals surface area (Å²) in [7, 11) is 0. The Balaban J connectivity index is 2.65. The Morgan fingerprint density at radius 1 is 1.37 bits per heavy atom. The van der Waals surface area contributed by atoms with Crippen molar-refractivity contribution in [2.24, 2.45) is 0 Å². The molecule has 7 heteroatoms. The van der Waals surface area contributed by atoms with Gasteiger partial charge in [0.05, 0.1) is 16.7 Å². The van der Waals surface area contributed by atoms with E-state index in [1.54, 1.807) is 6.92 Å². The maximum Gasteiger partial charge on any atom is 0.316 e. The predicted molar refractivity (Wildman–Crippen MR) is 84.8 cm³/mol. The van der Waals surface area contributed by atoms with Crippen molar-refractivity contribution in [3.05, 3.63) is 26.6 Å². The summed E-state index contributed by atoms with van der Waals surface area (Å²) in [5.41, 5.74) is 1.71. The Kier molecular flexibility index (Phi) is 6.35. The number of halogens is 2. The van der Waals surface area contributed by atoms with E-state index >= 15 is 0 Å². The summed E-state index contributed by atoms with van der Waals surface area (Å²) in [6.45, 7) is 3.50. The lowest BCUT2D eigenvalue weighted by atomic mass is 10.2. The Morgan fingerprint density at radius 3 is 2.37 bits per heavy atom. The van der Waals surface area contributed by atoms with Crippen LogP contribution in [0.4, 0.5) is 5.69 Å². The molecule has 0 aliphatic carbocycles. The van der Waals surface area contributed by atoms with E-state index < -0.39 is 11.2 Å². The summed E-state index contributed by atoms with van der Waals surface area (Å²) in [4.78, 5) is 22.4. The molecule has 0 bridgehead atoms. The van der Waals surface area contributed by atoms with Gasteiger partial charge in [-0.3, -0.25) is 9.59 Å². The number of aliphatic carboxylic acids is 1. The highest BCUT2D eigenvalue weighted by Crippen LogP contribution is 2.32. The van der Waals surface area contributed by atoms with Crippen molar-refractivity contribution in [3.8, 4) is 0 Å². The SMILES string of the molecule is Cc1cc(Br)c(NC(=O)CSC(C)C(=O)O)c(Br)c1. The molecular formula is C12H13Br2NO3S. The highest BCUT2D eigenvalue weighted by atomic mass is 79.9. The van der Waals surface area contributed by atoms with Gasteiger partial charge in [0.25, 0.3) is 0 Å². The number of aryl methyl sites for hydroxylation is 1. The summed E-state index contributed by atoms with van der Waals surface area (Å²) in [5.74, 6) is -1.06. The molecule has 0 saturated heterocycles. The van der Waals surface area contributed by atoms with Crippen molar-refractivity contribution in [2.45, 2.75) is 19.1 Å². The molecular weight excluding hydrogens is 398 g/mol. The highest BCUT2D eigenvalue weighted by Gasteiger charge is 2.15. The van der Waals surface area contributed by atoms with E-state index in [1.807, 2.05) is 19.1 Å². The van der Waals surface area contributed by atoms with Crippen LogP contribution in [-0.4, -0.2) is 28.0 Å². The van der Waals surface area contributed by atoms with Gasteiger partial charge in [0.1, 0.15) is 0 Å². The predicted octanol–water partition coefficient (Wildman–Crippen LogP) is 3.66. The Hall–Kier alpha value is -0.530. The molecule has 2 N–H and O–H groups in total. The van der Waals surface area contributed by atoms with Crippen molar-refractivity contribution in [2.75, 3.05) is 11.1 Å². The number of hydrogen-bond acceptors (Lipinski definition) is 3. The number of benzene rings is 1. The molecule has 104 valence electrons. The van der Waals surface area contributed by atoms with Crippen molar-refractivity contribution in [3.63, 3.8) is 0 Å². The Bertz CT molecular complexity index is 485. The number of carboxylic acids is 1. The van der Waals surface area contributed by atoms with Gasteiger partial charge in [-0.05, 0) is 63.4 Å². The van der Waals surface area contributed by atoms with Gasteiger partial charge in [-0.1, -0.05) is 0 Å². The second-order valence-electron chi connectivity index (χ2n) is 3.94. The third-order valence-corrected chi connectivity index (χ3v) is 4.64. The third kappa shape index (κ3) is 5.16. The zero-order valence-corrected chi connectivity index (χ0v) is 14.4. The van der Waals surface area contributed by atoms with E-state index in [9.17, 15) is 9.59 Å². The number of carboxylic acid groups (broad SMARTS) is 1. The lowest BCUT2D eigenvalue weighted by Gasteiger charge is -2.11. The van der Waals surface area contributed by atoms with Crippen molar-refractivity contribution < 1.29 is 14.7 Å². The zero-order chi connectivity index (χ0) is 14.6. The first-order chi connectivity index (χ1) is 8.81. The van der Waals surface area contributed by atoms with E-state index in [1.165, 1.54) is 0 Å². The monoisotopic (exact) mass is 409 g/mol. The first-order valence-electron chi connectivity index (χ1n) is 5.41. The number of thioether (sulfide) groups is 1. The molecule has 1 rings (SSSR count). The molecule has 1 atom stereocenters. The average Bonchev–Trinajstić information content (AvgIpc) is 2.30. The summed E-state index contributed by atoms with van der Waals surface area (Å²) in [5, 5.41) is 10.9. The summed E-state index contributed by atoms with van der Waals surface area (Å²) in [6.07, 6.45) is 0. The van der Waals surface area contributed by atoms with Gasteiger partial charge >= 0.3 is 5.97 Å². The quantitative estimate of drug-likeness (QED) is 0.777. The molecule has 1 amide bonds. The third-order valence-electron chi connectivity index (χ3n) is 2.26. The fourth-order valence-corrected chi connectivity index (χ4v) is 3.50. The largest absolute Gasteiger partial charge is 0.480 e. The van der Waals surface area contributed by atoms with Crippen LogP contribution >= 0.6 is 43.6 Å². The standard InChI is InChI=1S/C12H13Br2NO3S/c1-6-3-8(13)11(9(14)4-6)15-10(16)5-19-7(2)12(17)18/h3-4,7H,5H2,1-2H3,(H,15,16)(H,17,18). The number of amides is 1. The van der Waals surface area contributed by atoms with E-state index in [2.05, 4.69) is 37.2 Å². The van der Waals surface area contributed by atoms with Gasteiger partial charge in [-0.15, -0.1) is 11.8 Å². The average molecular weight is 411 g/mol. The van der Waals surface area contributed by atoms with Crippen molar-refractivity contribution in [1.82, 2.24) is 0 Å². The van der Waals surface area contributed by atoms with E-state index in [-0.39, 0.29) is 11.7 Å². The van der Waals surface area contributed by atoms with Gasteiger partial charge in [0.15, 0.2) is 0 Å². The van der Waals surface area contributed by atoms with Crippen LogP contribution in [0, 0.1) is 6.92 Å². The van der Waals surface area contributed by atoms with Gasteiger partial charge < -0.3 is 10.4 Å². The van der Waals surface area contributed by atoms with Crippen molar-refractivity contribution >= 4 is 61.2 Å². The number of carbonyl (C=O) groups is 2. The lowest BCUT2D eigenvalue weighted by molar-refractivity contribution is -0.136. The fraction of sp³-hybridized carbons (Fsp3) is 0.333. The Morgan fingerprint density at radius 2 is 1.89 bits per heavy atom. The molecule has 0 heterocycles. The fourth-order valence-electron chi connectivity index (χ4n) is 1.27. The molecule has 0 aliphatic heterocycles.